The summed E-state index contributed by atoms with van der Waals surface area (Å²) in [6, 6.07) is 13.4. The summed E-state index contributed by atoms with van der Waals surface area (Å²) in [6.45, 7) is 6.43. The van der Waals surface area contributed by atoms with Gasteiger partial charge in [-0.15, -0.1) is 11.3 Å². The number of carbonyl (C=O) groups excluding carboxylic acids is 2. The SMILES string of the molecule is CCCC(=O)Nc1ccc(CNC(=O)c2cc(-c3cccs3)nc3c2cnn3C(C)C)cc1. The number of hydrogen-bond donors (Lipinski definition) is 2. The molecule has 1 aromatic carbocycles. The number of benzene rings is 1. The minimum Gasteiger partial charge on any atom is -0.348 e. The minimum atomic E-state index is -0.177. The van der Waals surface area contributed by atoms with E-state index in [0.29, 0.717) is 24.2 Å². The fraction of sp³-hybridized carbons (Fsp3) is 0.280. The Bertz CT molecular complexity index is 1260. The quantitative estimate of drug-likeness (QED) is 0.367. The van der Waals surface area contributed by atoms with Crippen LogP contribution in [-0.4, -0.2) is 26.6 Å². The van der Waals surface area contributed by atoms with E-state index in [1.165, 1.54) is 0 Å². The molecule has 0 aliphatic carbocycles. The van der Waals surface area contributed by atoms with Crippen LogP contribution in [0, 0.1) is 0 Å². The largest absolute Gasteiger partial charge is 0.348 e. The molecule has 4 aromatic rings. The maximum absolute atomic E-state index is 13.2. The van der Waals surface area contributed by atoms with Crippen molar-refractivity contribution in [1.29, 1.82) is 0 Å². The lowest BCUT2D eigenvalue weighted by molar-refractivity contribution is -0.116. The third-order valence-corrected chi connectivity index (χ3v) is 6.13. The average Bonchev–Trinajstić information content (AvgIpc) is 3.48. The van der Waals surface area contributed by atoms with E-state index in [1.807, 2.05) is 73.3 Å². The van der Waals surface area contributed by atoms with E-state index in [-0.39, 0.29) is 17.9 Å². The second kappa shape index (κ2) is 9.95. The molecule has 2 N–H and O–H groups in total. The second-order valence-corrected chi connectivity index (χ2v) is 9.08. The fourth-order valence-corrected chi connectivity index (χ4v) is 4.25. The van der Waals surface area contributed by atoms with Crippen LogP contribution >= 0.6 is 11.3 Å². The van der Waals surface area contributed by atoms with Gasteiger partial charge in [-0.3, -0.25) is 9.59 Å². The van der Waals surface area contributed by atoms with Crippen LogP contribution in [-0.2, 0) is 11.3 Å². The molecule has 33 heavy (non-hydrogen) atoms. The predicted octanol–water partition coefficient (Wildman–Crippen LogP) is 5.41. The van der Waals surface area contributed by atoms with Crippen LogP contribution in [0.5, 0.6) is 0 Å². The van der Waals surface area contributed by atoms with Gasteiger partial charge in [0.05, 0.1) is 27.7 Å². The smallest absolute Gasteiger partial charge is 0.252 e. The van der Waals surface area contributed by atoms with Gasteiger partial charge in [0.15, 0.2) is 5.65 Å². The number of aromatic nitrogens is 3. The highest BCUT2D eigenvalue weighted by Gasteiger charge is 2.18. The Morgan fingerprint density at radius 1 is 1.15 bits per heavy atom. The summed E-state index contributed by atoms with van der Waals surface area (Å²) in [6.07, 6.45) is 3.02. The van der Waals surface area contributed by atoms with Gasteiger partial charge in [0.2, 0.25) is 5.91 Å². The van der Waals surface area contributed by atoms with Crippen LogP contribution in [0.25, 0.3) is 21.6 Å². The van der Waals surface area contributed by atoms with Gasteiger partial charge in [0, 0.05) is 24.7 Å². The molecule has 170 valence electrons. The molecule has 0 unspecified atom stereocenters. The Labute approximate surface area is 196 Å². The molecule has 3 aromatic heterocycles. The summed E-state index contributed by atoms with van der Waals surface area (Å²) in [4.78, 5) is 30.7. The zero-order valence-electron chi connectivity index (χ0n) is 19.0. The van der Waals surface area contributed by atoms with E-state index in [4.69, 9.17) is 4.98 Å². The Hall–Kier alpha value is -3.52. The van der Waals surface area contributed by atoms with Gasteiger partial charge in [-0.1, -0.05) is 25.1 Å². The molecular formula is C25H27N5O2S. The summed E-state index contributed by atoms with van der Waals surface area (Å²) < 4.78 is 1.84. The summed E-state index contributed by atoms with van der Waals surface area (Å²) >= 11 is 1.59. The molecule has 0 fully saturated rings. The second-order valence-electron chi connectivity index (χ2n) is 8.13. The Kier molecular flexibility index (Phi) is 6.84. The molecule has 4 rings (SSSR count). The summed E-state index contributed by atoms with van der Waals surface area (Å²) in [5.41, 5.74) is 3.71. The third-order valence-electron chi connectivity index (χ3n) is 5.24. The average molecular weight is 462 g/mol. The zero-order chi connectivity index (χ0) is 23.4. The third kappa shape index (κ3) is 5.12. The van der Waals surface area contributed by atoms with E-state index < -0.39 is 0 Å². The molecule has 2 amide bonds. The number of amides is 2. The molecule has 0 radical (unpaired) electrons. The Morgan fingerprint density at radius 2 is 1.94 bits per heavy atom. The summed E-state index contributed by atoms with van der Waals surface area (Å²) in [5.74, 6) is -0.174. The Balaban J connectivity index is 1.55. The van der Waals surface area contributed by atoms with Gasteiger partial charge in [-0.25, -0.2) is 9.67 Å². The van der Waals surface area contributed by atoms with Gasteiger partial charge in [-0.2, -0.15) is 5.10 Å². The number of nitrogens with one attached hydrogen (secondary N) is 2. The van der Waals surface area contributed by atoms with Crippen molar-refractivity contribution in [2.75, 3.05) is 5.32 Å². The lowest BCUT2D eigenvalue weighted by Gasteiger charge is -2.11. The van der Waals surface area contributed by atoms with Crippen molar-refractivity contribution in [2.24, 2.45) is 0 Å². The first-order valence-electron chi connectivity index (χ1n) is 11.1. The first-order chi connectivity index (χ1) is 16.0. The minimum absolute atomic E-state index is 0.00347. The maximum Gasteiger partial charge on any atom is 0.252 e. The molecule has 3 heterocycles. The highest BCUT2D eigenvalue weighted by atomic mass is 32.1. The first-order valence-corrected chi connectivity index (χ1v) is 11.9. The lowest BCUT2D eigenvalue weighted by Crippen LogP contribution is -2.23. The number of fused-ring (bicyclic) bond motifs is 1. The molecule has 0 bridgehead atoms. The summed E-state index contributed by atoms with van der Waals surface area (Å²) in [7, 11) is 0. The molecule has 7 nitrogen and oxygen atoms in total. The van der Waals surface area contributed by atoms with Gasteiger partial charge < -0.3 is 10.6 Å². The van der Waals surface area contributed by atoms with Gasteiger partial charge >= 0.3 is 0 Å². The fourth-order valence-electron chi connectivity index (χ4n) is 3.57. The molecule has 0 aliphatic rings. The van der Waals surface area contributed by atoms with Crippen molar-refractivity contribution in [3.05, 3.63) is 65.2 Å². The summed E-state index contributed by atoms with van der Waals surface area (Å²) in [5, 5.41) is 13.1. The lowest BCUT2D eigenvalue weighted by atomic mass is 10.1. The standard InChI is InChI=1S/C25H27N5O2S/c1-4-6-23(31)28-18-10-8-17(9-11-18)14-26-25(32)19-13-21(22-7-5-12-33-22)29-24-20(19)15-27-30(24)16(2)3/h5,7-13,15-16H,4,6,14H2,1-3H3,(H,26,32)(H,28,31). The predicted molar refractivity (Wildman–Crippen MR) is 132 cm³/mol. The number of carbonyl (C=O) groups is 2. The topological polar surface area (TPSA) is 88.9 Å². The number of nitrogens with zero attached hydrogens (tertiary/aromatic N) is 3. The van der Waals surface area contributed by atoms with E-state index in [0.717, 1.165) is 33.6 Å². The van der Waals surface area contributed by atoms with Crippen LogP contribution in [0.15, 0.2) is 54.0 Å². The molecule has 0 saturated heterocycles. The monoisotopic (exact) mass is 461 g/mol. The van der Waals surface area contributed by atoms with Crippen molar-refractivity contribution >= 4 is 39.9 Å². The molecule has 0 atom stereocenters. The number of pyridine rings is 1. The molecule has 8 heteroatoms. The van der Waals surface area contributed by atoms with Crippen LogP contribution in [0.2, 0.25) is 0 Å². The van der Waals surface area contributed by atoms with Crippen molar-refractivity contribution in [2.45, 2.75) is 46.2 Å². The molecule has 0 saturated carbocycles. The highest BCUT2D eigenvalue weighted by Crippen LogP contribution is 2.29. The van der Waals surface area contributed by atoms with Crippen molar-refractivity contribution in [1.82, 2.24) is 20.1 Å². The number of hydrogen-bond acceptors (Lipinski definition) is 5. The van der Waals surface area contributed by atoms with Crippen molar-refractivity contribution < 1.29 is 9.59 Å². The van der Waals surface area contributed by atoms with E-state index in [2.05, 4.69) is 15.7 Å². The van der Waals surface area contributed by atoms with Crippen molar-refractivity contribution in [3.8, 4) is 10.6 Å². The molecule has 0 spiro atoms. The van der Waals surface area contributed by atoms with Gasteiger partial charge in [0.25, 0.3) is 5.91 Å². The molecular weight excluding hydrogens is 434 g/mol. The number of thiophene rings is 1. The van der Waals surface area contributed by atoms with Crippen molar-refractivity contribution in [3.63, 3.8) is 0 Å². The Morgan fingerprint density at radius 3 is 2.61 bits per heavy atom. The normalized spacial score (nSPS) is 11.2. The highest BCUT2D eigenvalue weighted by molar-refractivity contribution is 7.13. The zero-order valence-corrected chi connectivity index (χ0v) is 19.8. The van der Waals surface area contributed by atoms with Crippen LogP contribution < -0.4 is 10.6 Å². The van der Waals surface area contributed by atoms with Crippen LogP contribution in [0.1, 0.15) is 55.6 Å². The van der Waals surface area contributed by atoms with Crippen LogP contribution in [0.3, 0.4) is 0 Å². The van der Waals surface area contributed by atoms with Crippen LogP contribution in [0.4, 0.5) is 5.69 Å². The van der Waals surface area contributed by atoms with E-state index in [1.54, 1.807) is 17.5 Å². The van der Waals surface area contributed by atoms with Gasteiger partial charge in [-0.05, 0) is 55.5 Å². The van der Waals surface area contributed by atoms with Gasteiger partial charge in [0.1, 0.15) is 0 Å². The van der Waals surface area contributed by atoms with E-state index >= 15 is 0 Å². The number of rotatable bonds is 8. The number of anilines is 1. The van der Waals surface area contributed by atoms with E-state index in [9.17, 15) is 9.59 Å². The molecule has 0 aliphatic heterocycles. The maximum atomic E-state index is 13.2. The first kappa shape index (κ1) is 22.7.